The minimum atomic E-state index is -3.99. The normalized spacial score (nSPS) is 32.7. The van der Waals surface area contributed by atoms with E-state index in [1.165, 1.54) is 4.90 Å². The number of aryl methyl sites for hydroxylation is 2. The van der Waals surface area contributed by atoms with Gasteiger partial charge in [0, 0.05) is 23.3 Å². The molecule has 4 heterocycles. The lowest BCUT2D eigenvalue weighted by Crippen LogP contribution is -2.58. The first-order chi connectivity index (χ1) is 27.2. The van der Waals surface area contributed by atoms with Crippen LogP contribution in [0.2, 0.25) is 0 Å². The van der Waals surface area contributed by atoms with Crippen LogP contribution in [0.25, 0.3) is 10.9 Å². The van der Waals surface area contributed by atoms with Crippen molar-refractivity contribution in [3.63, 3.8) is 0 Å². The number of nitrogens with zero attached hydrogens (tertiary/aromatic N) is 2. The summed E-state index contributed by atoms with van der Waals surface area (Å²) in [5.74, 6) is -0.697. The molecule has 1 spiro atoms. The lowest BCUT2D eigenvalue weighted by Gasteiger charge is -2.36. The monoisotopic (exact) mass is 805 g/mol. The summed E-state index contributed by atoms with van der Waals surface area (Å²) in [6, 6.07) is 3.66. The first kappa shape index (κ1) is 39.4. The van der Waals surface area contributed by atoms with Gasteiger partial charge in [0.1, 0.15) is 40.8 Å². The Bertz CT molecular complexity index is 2120. The highest BCUT2D eigenvalue weighted by Crippen LogP contribution is 2.49. The smallest absolute Gasteiger partial charge is 0.408 e. The largest absolute Gasteiger partial charge is 0.497 e. The number of fused-ring (bicyclic) bond motifs is 5. The molecule has 14 nitrogen and oxygen atoms in total. The van der Waals surface area contributed by atoms with Gasteiger partial charge in [0.15, 0.2) is 0 Å². The van der Waals surface area contributed by atoms with Gasteiger partial charge in [-0.2, -0.15) is 0 Å². The number of pyridine rings is 1. The van der Waals surface area contributed by atoms with Gasteiger partial charge in [-0.05, 0) is 109 Å². The Morgan fingerprint density at radius 2 is 1.86 bits per heavy atom. The molecule has 6 aliphatic rings. The van der Waals surface area contributed by atoms with Gasteiger partial charge in [0.2, 0.25) is 21.8 Å². The zero-order chi connectivity index (χ0) is 40.3. The average molecular weight is 806 g/mol. The number of nitrogens with one attached hydrogen (secondary N) is 3. The van der Waals surface area contributed by atoms with Crippen molar-refractivity contribution in [3.8, 4) is 11.5 Å². The van der Waals surface area contributed by atoms with E-state index in [1.807, 2.05) is 37.3 Å². The van der Waals surface area contributed by atoms with Crippen LogP contribution >= 0.6 is 0 Å². The molecule has 4 amide bonds. The highest BCUT2D eigenvalue weighted by molar-refractivity contribution is 7.91. The second-order valence-electron chi connectivity index (χ2n) is 17.6. The Balaban J connectivity index is 1.12. The molecule has 0 bridgehead atoms. The molecule has 0 radical (unpaired) electrons. The molecule has 2 aromatic rings. The van der Waals surface area contributed by atoms with Crippen LogP contribution in [-0.2, 0) is 35.6 Å². The Labute approximate surface area is 334 Å². The Kier molecular flexibility index (Phi) is 10.2. The summed E-state index contributed by atoms with van der Waals surface area (Å²) in [7, 11) is -2.38. The van der Waals surface area contributed by atoms with Crippen molar-refractivity contribution in [1.29, 1.82) is 0 Å². The summed E-state index contributed by atoms with van der Waals surface area (Å²) in [6.07, 6.45) is 11.3. The molecule has 3 saturated carbocycles. The van der Waals surface area contributed by atoms with Crippen molar-refractivity contribution < 1.29 is 41.8 Å². The number of allylic oxidation sites excluding steroid dienone is 1. The van der Waals surface area contributed by atoms with Crippen LogP contribution in [0.5, 0.6) is 11.5 Å². The predicted molar refractivity (Wildman–Crippen MR) is 211 cm³/mol. The van der Waals surface area contributed by atoms with E-state index in [0.717, 1.165) is 48.6 Å². The molecular weight excluding hydrogens is 751 g/mol. The average Bonchev–Trinajstić information content (AvgIpc) is 4.01. The maximum Gasteiger partial charge on any atom is 0.408 e. The van der Waals surface area contributed by atoms with Gasteiger partial charge in [0.25, 0.3) is 5.91 Å². The second kappa shape index (κ2) is 14.8. The van der Waals surface area contributed by atoms with Crippen molar-refractivity contribution in [1.82, 2.24) is 25.2 Å². The Morgan fingerprint density at radius 1 is 1.05 bits per heavy atom. The van der Waals surface area contributed by atoms with Crippen LogP contribution in [0.3, 0.4) is 0 Å². The summed E-state index contributed by atoms with van der Waals surface area (Å²) in [4.78, 5) is 63.3. The number of carbonyl (C=O) groups excluding carboxylic acids is 4. The van der Waals surface area contributed by atoms with Crippen LogP contribution in [-0.4, -0.2) is 89.8 Å². The number of hydrogen-bond acceptors (Lipinski definition) is 10. The molecule has 4 fully saturated rings. The number of rotatable bonds is 6. The highest BCUT2D eigenvalue weighted by atomic mass is 32.2. The number of methoxy groups -OCH3 is 1. The molecule has 57 heavy (non-hydrogen) atoms. The van der Waals surface area contributed by atoms with E-state index in [1.54, 1.807) is 14.0 Å². The van der Waals surface area contributed by atoms with E-state index < -0.39 is 67.7 Å². The molecule has 3 N–H and O–H groups in total. The first-order valence-corrected chi connectivity index (χ1v) is 22.1. The van der Waals surface area contributed by atoms with Crippen molar-refractivity contribution >= 4 is 44.7 Å². The summed E-state index contributed by atoms with van der Waals surface area (Å²) >= 11 is 0. The molecule has 1 aromatic carbocycles. The molecule has 15 heteroatoms. The summed E-state index contributed by atoms with van der Waals surface area (Å²) in [5, 5.41) is 6.75. The number of ether oxygens (including phenoxy) is 3. The number of sulfonamides is 1. The number of alkyl carbamates (subject to hydrolysis) is 1. The SMILES string of the molecule is COc1ccc2nc(C)c3c(c2c1)CC[C@]1(C[C@H]2C(=O)N[C@]4(C(=O)NS(=O)(=O)C5(C)CC5)C[C@H]4/C=C\CCCCC[C@H](NC(=O)OC4CCCC4C)C(=O)N2C1)O3. The molecule has 1 saturated heterocycles. The zero-order valence-electron chi connectivity index (χ0n) is 33.4. The van der Waals surface area contributed by atoms with Crippen LogP contribution in [0.4, 0.5) is 4.79 Å². The quantitative estimate of drug-likeness (QED) is 0.340. The third kappa shape index (κ3) is 7.44. The van der Waals surface area contributed by atoms with E-state index in [0.29, 0.717) is 62.1 Å². The molecule has 308 valence electrons. The molecule has 2 unspecified atom stereocenters. The molecule has 3 aliphatic heterocycles. The van der Waals surface area contributed by atoms with Gasteiger partial charge >= 0.3 is 6.09 Å². The van der Waals surface area contributed by atoms with Crippen LogP contribution in [0.1, 0.15) is 109 Å². The Morgan fingerprint density at radius 3 is 2.60 bits per heavy atom. The van der Waals surface area contributed by atoms with Crippen LogP contribution in [0, 0.1) is 18.8 Å². The molecule has 7 atom stereocenters. The maximum atomic E-state index is 14.9. The fourth-order valence-electron chi connectivity index (χ4n) is 9.40. The zero-order valence-corrected chi connectivity index (χ0v) is 34.2. The number of amides is 4. The topological polar surface area (TPSA) is 182 Å². The third-order valence-electron chi connectivity index (χ3n) is 13.5. The van der Waals surface area contributed by atoms with Crippen molar-refractivity contribution in [2.24, 2.45) is 11.8 Å². The first-order valence-electron chi connectivity index (χ1n) is 20.7. The van der Waals surface area contributed by atoms with Gasteiger partial charge in [-0.25, -0.2) is 18.2 Å². The van der Waals surface area contributed by atoms with E-state index in [9.17, 15) is 27.6 Å². The van der Waals surface area contributed by atoms with E-state index in [2.05, 4.69) is 22.3 Å². The van der Waals surface area contributed by atoms with Crippen molar-refractivity contribution in [2.45, 2.75) is 145 Å². The minimum absolute atomic E-state index is 0.0566. The lowest BCUT2D eigenvalue weighted by atomic mass is 9.87. The van der Waals surface area contributed by atoms with E-state index in [4.69, 9.17) is 19.2 Å². The predicted octanol–water partition coefficient (Wildman–Crippen LogP) is 4.89. The second-order valence-corrected chi connectivity index (χ2v) is 19.8. The molecular formula is C42H55N5O9S. The summed E-state index contributed by atoms with van der Waals surface area (Å²) < 4.78 is 46.0. The van der Waals surface area contributed by atoms with Gasteiger partial charge < -0.3 is 29.7 Å². The van der Waals surface area contributed by atoms with Crippen LogP contribution < -0.4 is 24.8 Å². The van der Waals surface area contributed by atoms with Gasteiger partial charge in [-0.3, -0.25) is 19.1 Å². The van der Waals surface area contributed by atoms with Crippen molar-refractivity contribution in [2.75, 3.05) is 13.7 Å². The number of carbonyl (C=O) groups is 4. The van der Waals surface area contributed by atoms with Gasteiger partial charge in [0.05, 0.1) is 29.6 Å². The minimum Gasteiger partial charge on any atom is -0.497 e. The number of aromatic nitrogens is 1. The summed E-state index contributed by atoms with van der Waals surface area (Å²) in [5.41, 5.74) is -0.0307. The van der Waals surface area contributed by atoms with Gasteiger partial charge in [-0.15, -0.1) is 0 Å². The molecule has 8 rings (SSSR count). The fraction of sp³-hybridized carbons (Fsp3) is 0.643. The summed E-state index contributed by atoms with van der Waals surface area (Å²) in [6.45, 7) is 5.60. The molecule has 3 aliphatic carbocycles. The van der Waals surface area contributed by atoms with E-state index in [-0.39, 0.29) is 31.4 Å². The lowest BCUT2D eigenvalue weighted by molar-refractivity contribution is -0.141. The van der Waals surface area contributed by atoms with Crippen molar-refractivity contribution in [3.05, 3.63) is 41.6 Å². The standard InChI is InChI=1S/C42H55N5O9S/c1-25-11-10-14-34(25)55-39(51)44-32-13-9-7-5-6-8-12-27-22-42(27,38(50)46-57(52,53)40(3)19-20-40)45-36(48)33-23-41(24-47(33)37(32)49)18-17-29-30-21-28(54-4)15-16-31(30)43-26(2)35(29)56-41/h8,12,15-16,21,25,27,32-34H,5-7,9-11,13-14,17-20,22-24H2,1-4H3,(H,44,51)(H,45,48)(H,46,50)/b12-8-/t25?,27-,32+,33+,34?,41-,42-/m1/s1. The number of hydrogen-bond donors (Lipinski definition) is 3. The van der Waals surface area contributed by atoms with E-state index >= 15 is 0 Å². The fourth-order valence-corrected chi connectivity index (χ4v) is 10.7. The van der Waals surface area contributed by atoms with Gasteiger partial charge in [-0.1, -0.05) is 31.9 Å². The number of benzene rings is 1. The third-order valence-corrected chi connectivity index (χ3v) is 15.7. The Hall–Kier alpha value is -4.40. The maximum absolute atomic E-state index is 14.9. The molecule has 1 aromatic heterocycles. The highest BCUT2D eigenvalue weighted by Gasteiger charge is 2.64. The van der Waals surface area contributed by atoms with Crippen LogP contribution in [0.15, 0.2) is 30.4 Å².